The zero-order valence-corrected chi connectivity index (χ0v) is 14.8. The maximum Gasteiger partial charge on any atom is 0.289 e. The molecule has 0 atom stereocenters. The minimum absolute atomic E-state index is 0.0963. The Bertz CT molecular complexity index is 740. The monoisotopic (exact) mass is 364 g/mol. The van der Waals surface area contributed by atoms with E-state index < -0.39 is 0 Å². The van der Waals surface area contributed by atoms with Crippen molar-refractivity contribution < 1.29 is 14.0 Å². The van der Waals surface area contributed by atoms with Gasteiger partial charge in [-0.15, -0.1) is 11.8 Å². The summed E-state index contributed by atoms with van der Waals surface area (Å²) in [5, 5.41) is 0.451. The summed E-state index contributed by atoms with van der Waals surface area (Å²) in [6.07, 6.45) is 3.43. The molecule has 0 spiro atoms. The number of amides is 2. The minimum atomic E-state index is -0.144. The molecule has 0 unspecified atom stereocenters. The highest BCUT2D eigenvalue weighted by molar-refractivity contribution is 7.98. The van der Waals surface area contributed by atoms with Crippen molar-refractivity contribution in [2.24, 2.45) is 0 Å². The molecule has 24 heavy (non-hydrogen) atoms. The number of thioether (sulfide) groups is 1. The summed E-state index contributed by atoms with van der Waals surface area (Å²) in [5.41, 5.74) is 0.509. The maximum atomic E-state index is 12.7. The first-order valence-electron chi connectivity index (χ1n) is 7.55. The highest BCUT2D eigenvalue weighted by atomic mass is 35.5. The quantitative estimate of drug-likeness (QED) is 0.784. The fourth-order valence-electron chi connectivity index (χ4n) is 2.63. The van der Waals surface area contributed by atoms with Crippen LogP contribution in [0.4, 0.5) is 0 Å². The lowest BCUT2D eigenvalue weighted by molar-refractivity contribution is 0.0518. The number of piperazine rings is 1. The van der Waals surface area contributed by atoms with Gasteiger partial charge in [-0.3, -0.25) is 9.59 Å². The van der Waals surface area contributed by atoms with Crippen LogP contribution in [-0.2, 0) is 0 Å². The van der Waals surface area contributed by atoms with E-state index in [1.54, 1.807) is 39.8 Å². The predicted octanol–water partition coefficient (Wildman–Crippen LogP) is 3.25. The van der Waals surface area contributed by atoms with E-state index in [9.17, 15) is 9.59 Å². The van der Waals surface area contributed by atoms with Gasteiger partial charge in [0.15, 0.2) is 5.76 Å². The summed E-state index contributed by atoms with van der Waals surface area (Å²) in [5.74, 6) is 0.0843. The third-order valence-corrected chi connectivity index (χ3v) is 5.04. The van der Waals surface area contributed by atoms with Crippen LogP contribution in [0.1, 0.15) is 20.9 Å². The number of benzene rings is 1. The highest BCUT2D eigenvalue weighted by Gasteiger charge is 2.27. The first kappa shape index (κ1) is 16.9. The van der Waals surface area contributed by atoms with Gasteiger partial charge in [0.1, 0.15) is 0 Å². The van der Waals surface area contributed by atoms with Gasteiger partial charge in [-0.25, -0.2) is 0 Å². The Morgan fingerprint density at radius 2 is 1.75 bits per heavy atom. The number of hydrogen-bond donors (Lipinski definition) is 0. The van der Waals surface area contributed by atoms with Gasteiger partial charge in [0, 0.05) is 31.1 Å². The molecular weight excluding hydrogens is 348 g/mol. The van der Waals surface area contributed by atoms with Crippen LogP contribution in [0.15, 0.2) is 45.9 Å². The first-order valence-corrected chi connectivity index (χ1v) is 9.16. The van der Waals surface area contributed by atoms with Gasteiger partial charge in [0.05, 0.1) is 16.8 Å². The van der Waals surface area contributed by atoms with Crippen molar-refractivity contribution >= 4 is 35.2 Å². The molecule has 1 saturated heterocycles. The normalized spacial score (nSPS) is 14.8. The van der Waals surface area contributed by atoms with E-state index in [4.69, 9.17) is 16.0 Å². The molecule has 0 bridgehead atoms. The molecule has 2 heterocycles. The maximum absolute atomic E-state index is 12.7. The molecule has 7 heteroatoms. The van der Waals surface area contributed by atoms with Crippen molar-refractivity contribution in [3.8, 4) is 0 Å². The molecule has 3 rings (SSSR count). The van der Waals surface area contributed by atoms with E-state index in [2.05, 4.69) is 0 Å². The van der Waals surface area contributed by atoms with E-state index in [1.165, 1.54) is 6.26 Å². The van der Waals surface area contributed by atoms with Gasteiger partial charge < -0.3 is 14.2 Å². The standard InChI is InChI=1S/C17H17ClN2O3S/c1-24-12-4-5-14(18)13(11-12)16(21)19-6-8-20(9-7-19)17(22)15-3-2-10-23-15/h2-5,10-11H,6-9H2,1H3. The molecule has 0 N–H and O–H groups in total. The van der Waals surface area contributed by atoms with Crippen LogP contribution >= 0.6 is 23.4 Å². The van der Waals surface area contributed by atoms with E-state index in [1.807, 2.05) is 18.4 Å². The van der Waals surface area contributed by atoms with Crippen LogP contribution < -0.4 is 0 Å². The molecule has 1 aliphatic rings. The summed E-state index contributed by atoms with van der Waals surface area (Å²) < 4.78 is 5.14. The molecule has 5 nitrogen and oxygen atoms in total. The Morgan fingerprint density at radius 1 is 1.08 bits per heavy atom. The van der Waals surface area contributed by atoms with Gasteiger partial charge in [-0.05, 0) is 36.6 Å². The predicted molar refractivity (Wildman–Crippen MR) is 93.7 cm³/mol. The zero-order chi connectivity index (χ0) is 17.1. The van der Waals surface area contributed by atoms with Crippen LogP contribution in [0.2, 0.25) is 5.02 Å². The average Bonchev–Trinajstić information content (AvgIpc) is 3.16. The smallest absolute Gasteiger partial charge is 0.289 e. The van der Waals surface area contributed by atoms with Crippen LogP contribution in [0.25, 0.3) is 0 Å². The number of carbonyl (C=O) groups is 2. The Labute approximate surface area is 149 Å². The van der Waals surface area contributed by atoms with Gasteiger partial charge in [-0.2, -0.15) is 0 Å². The SMILES string of the molecule is CSc1ccc(Cl)c(C(=O)N2CCN(C(=O)c3ccco3)CC2)c1. The molecule has 2 aromatic rings. The number of nitrogens with zero attached hydrogens (tertiary/aromatic N) is 2. The largest absolute Gasteiger partial charge is 0.459 e. The zero-order valence-electron chi connectivity index (χ0n) is 13.2. The molecule has 1 aromatic carbocycles. The van der Waals surface area contributed by atoms with Crippen LogP contribution in [0, 0.1) is 0 Å². The second-order valence-corrected chi connectivity index (χ2v) is 6.69. The summed E-state index contributed by atoms with van der Waals surface area (Å²) in [6, 6.07) is 8.79. The Kier molecular flexibility index (Phi) is 5.16. The fourth-order valence-corrected chi connectivity index (χ4v) is 3.27. The van der Waals surface area contributed by atoms with Crippen molar-refractivity contribution in [2.45, 2.75) is 4.90 Å². The second-order valence-electron chi connectivity index (χ2n) is 5.41. The topological polar surface area (TPSA) is 53.8 Å². The number of carbonyl (C=O) groups excluding carboxylic acids is 2. The van der Waals surface area contributed by atoms with Crippen LogP contribution in [-0.4, -0.2) is 54.0 Å². The van der Waals surface area contributed by atoms with Crippen LogP contribution in [0.3, 0.4) is 0 Å². The van der Waals surface area contributed by atoms with E-state index >= 15 is 0 Å². The van der Waals surface area contributed by atoms with Gasteiger partial charge in [-0.1, -0.05) is 11.6 Å². The fraction of sp³-hybridized carbons (Fsp3) is 0.294. The molecule has 2 amide bonds. The summed E-state index contributed by atoms with van der Waals surface area (Å²) in [6.45, 7) is 1.91. The Hall–Kier alpha value is -1.92. The van der Waals surface area contributed by atoms with Gasteiger partial charge >= 0.3 is 0 Å². The number of halogens is 1. The minimum Gasteiger partial charge on any atom is -0.459 e. The summed E-state index contributed by atoms with van der Waals surface area (Å²) >= 11 is 7.75. The van der Waals surface area contributed by atoms with Gasteiger partial charge in [0.25, 0.3) is 11.8 Å². The van der Waals surface area contributed by atoms with Crippen molar-refractivity contribution in [3.63, 3.8) is 0 Å². The lowest BCUT2D eigenvalue weighted by atomic mass is 10.1. The third-order valence-electron chi connectivity index (χ3n) is 3.99. The number of rotatable bonds is 3. The number of furan rings is 1. The van der Waals surface area contributed by atoms with E-state index in [-0.39, 0.29) is 11.8 Å². The highest BCUT2D eigenvalue weighted by Crippen LogP contribution is 2.24. The summed E-state index contributed by atoms with van der Waals surface area (Å²) in [4.78, 5) is 29.4. The van der Waals surface area contributed by atoms with E-state index in [0.29, 0.717) is 42.5 Å². The molecule has 0 aliphatic carbocycles. The molecule has 1 aromatic heterocycles. The lowest BCUT2D eigenvalue weighted by Crippen LogP contribution is -2.50. The van der Waals surface area contributed by atoms with E-state index in [0.717, 1.165) is 4.90 Å². The first-order chi connectivity index (χ1) is 11.6. The molecule has 1 aliphatic heterocycles. The Balaban J connectivity index is 1.66. The molecule has 0 saturated carbocycles. The Morgan fingerprint density at radius 3 is 2.33 bits per heavy atom. The average molecular weight is 365 g/mol. The van der Waals surface area contributed by atoms with Crippen molar-refractivity contribution in [3.05, 3.63) is 52.9 Å². The molecular formula is C17H17ClN2O3S. The second kappa shape index (κ2) is 7.32. The molecule has 126 valence electrons. The lowest BCUT2D eigenvalue weighted by Gasteiger charge is -2.34. The van der Waals surface area contributed by atoms with Crippen molar-refractivity contribution in [2.75, 3.05) is 32.4 Å². The molecule has 0 radical (unpaired) electrons. The third kappa shape index (κ3) is 3.44. The summed E-state index contributed by atoms with van der Waals surface area (Å²) in [7, 11) is 0. The van der Waals surface area contributed by atoms with Crippen LogP contribution in [0.5, 0.6) is 0 Å². The van der Waals surface area contributed by atoms with Crippen molar-refractivity contribution in [1.82, 2.24) is 9.80 Å². The number of hydrogen-bond acceptors (Lipinski definition) is 4. The van der Waals surface area contributed by atoms with Gasteiger partial charge in [0.2, 0.25) is 0 Å². The van der Waals surface area contributed by atoms with Crippen molar-refractivity contribution in [1.29, 1.82) is 0 Å². The molecule has 1 fully saturated rings.